The van der Waals surface area contributed by atoms with Crippen molar-refractivity contribution >= 4 is 5.97 Å². The van der Waals surface area contributed by atoms with Gasteiger partial charge in [-0.2, -0.15) is 0 Å². The van der Waals surface area contributed by atoms with E-state index in [1.807, 2.05) is 0 Å². The van der Waals surface area contributed by atoms with Crippen molar-refractivity contribution < 1.29 is 14.3 Å². The van der Waals surface area contributed by atoms with Crippen molar-refractivity contribution in [2.45, 2.75) is 13.3 Å². The number of benzene rings is 1. The lowest BCUT2D eigenvalue weighted by Gasteiger charge is -2.12. The highest BCUT2D eigenvalue weighted by Crippen LogP contribution is 2.12. The molecular formula is C14H12FNO3. The maximum atomic E-state index is 12.9. The van der Waals surface area contributed by atoms with Crippen LogP contribution in [0.15, 0.2) is 41.3 Å². The Morgan fingerprint density at radius 1 is 1.32 bits per heavy atom. The second kappa shape index (κ2) is 5.06. The lowest BCUT2D eigenvalue weighted by molar-refractivity contribution is -0.136. The van der Waals surface area contributed by atoms with Gasteiger partial charge in [-0.05, 0) is 31.2 Å². The average Bonchev–Trinajstić information content (AvgIpc) is 2.33. The summed E-state index contributed by atoms with van der Waals surface area (Å²) in [5.74, 6) is -1.42. The fourth-order valence-electron chi connectivity index (χ4n) is 1.85. The molecule has 1 aromatic heterocycles. The third kappa shape index (κ3) is 2.88. The van der Waals surface area contributed by atoms with Gasteiger partial charge in [-0.15, -0.1) is 0 Å². The van der Waals surface area contributed by atoms with Gasteiger partial charge in [0.2, 0.25) is 0 Å². The molecule has 2 rings (SSSR count). The van der Waals surface area contributed by atoms with Gasteiger partial charge in [0, 0.05) is 29.2 Å². The molecule has 1 aromatic carbocycles. The highest BCUT2D eigenvalue weighted by atomic mass is 19.1. The van der Waals surface area contributed by atoms with Crippen molar-refractivity contribution in [3.05, 3.63) is 63.8 Å². The van der Waals surface area contributed by atoms with Crippen LogP contribution < -0.4 is 5.43 Å². The number of nitrogens with zero attached hydrogens (tertiary/aromatic N) is 1. The Morgan fingerprint density at radius 2 is 1.95 bits per heavy atom. The Bertz CT molecular complexity index is 674. The van der Waals surface area contributed by atoms with Gasteiger partial charge in [0.1, 0.15) is 5.82 Å². The van der Waals surface area contributed by atoms with Gasteiger partial charge in [0.05, 0.1) is 6.42 Å². The summed E-state index contributed by atoms with van der Waals surface area (Å²) < 4.78 is 14.5. The number of aromatic nitrogens is 1. The molecule has 0 atom stereocenters. The molecule has 0 aliphatic heterocycles. The summed E-state index contributed by atoms with van der Waals surface area (Å²) in [5, 5.41) is 8.76. The summed E-state index contributed by atoms with van der Waals surface area (Å²) >= 11 is 0. The number of halogens is 1. The number of rotatable bonds is 3. The molecule has 5 heteroatoms. The maximum absolute atomic E-state index is 12.9. The number of carboxylic acid groups (broad SMARTS) is 1. The Morgan fingerprint density at radius 3 is 2.53 bits per heavy atom. The normalized spacial score (nSPS) is 10.4. The van der Waals surface area contributed by atoms with Crippen molar-refractivity contribution in [3.8, 4) is 5.69 Å². The van der Waals surface area contributed by atoms with Crippen LogP contribution in [0, 0.1) is 12.7 Å². The zero-order valence-electron chi connectivity index (χ0n) is 10.3. The Hall–Kier alpha value is -2.43. The minimum Gasteiger partial charge on any atom is -0.481 e. The molecule has 0 saturated heterocycles. The molecule has 0 fully saturated rings. The molecule has 0 unspecified atom stereocenters. The molecule has 0 aliphatic rings. The van der Waals surface area contributed by atoms with E-state index >= 15 is 0 Å². The largest absolute Gasteiger partial charge is 0.481 e. The number of carboxylic acids is 1. The van der Waals surface area contributed by atoms with Gasteiger partial charge in [0.15, 0.2) is 5.43 Å². The minimum absolute atomic E-state index is 0.197. The predicted octanol–water partition coefficient (Wildman–Crippen LogP) is 1.91. The summed E-state index contributed by atoms with van der Waals surface area (Å²) in [5.41, 5.74) is 1.22. The van der Waals surface area contributed by atoms with E-state index in [0.29, 0.717) is 11.4 Å². The third-order valence-electron chi connectivity index (χ3n) is 2.77. The van der Waals surface area contributed by atoms with Gasteiger partial charge >= 0.3 is 5.97 Å². The first-order valence-electron chi connectivity index (χ1n) is 5.67. The van der Waals surface area contributed by atoms with Crippen LogP contribution in [0.1, 0.15) is 11.3 Å². The lowest BCUT2D eigenvalue weighted by atomic mass is 10.1. The summed E-state index contributed by atoms with van der Waals surface area (Å²) in [6, 6.07) is 7.13. The minimum atomic E-state index is -1.06. The van der Waals surface area contributed by atoms with Crippen LogP contribution in [0.2, 0.25) is 0 Å². The van der Waals surface area contributed by atoms with Gasteiger partial charge in [-0.25, -0.2) is 4.39 Å². The summed E-state index contributed by atoms with van der Waals surface area (Å²) in [6.45, 7) is 1.73. The number of pyridine rings is 1. The molecule has 0 spiro atoms. The van der Waals surface area contributed by atoms with Crippen molar-refractivity contribution in [1.29, 1.82) is 0 Å². The standard InChI is InChI=1S/C14H12FNO3/c1-9-6-13(17)10(7-14(18)19)8-16(9)12-4-2-11(15)3-5-12/h2-6,8H,7H2,1H3,(H,18,19). The van der Waals surface area contributed by atoms with Crippen LogP contribution >= 0.6 is 0 Å². The molecule has 0 amide bonds. The number of hydrogen-bond donors (Lipinski definition) is 1. The molecule has 4 nitrogen and oxygen atoms in total. The number of aryl methyl sites for hydroxylation is 1. The van der Waals surface area contributed by atoms with Crippen molar-refractivity contribution in [3.63, 3.8) is 0 Å². The first kappa shape index (κ1) is 13.0. The monoisotopic (exact) mass is 261 g/mol. The lowest BCUT2D eigenvalue weighted by Crippen LogP contribution is -2.17. The fraction of sp³-hybridized carbons (Fsp3) is 0.143. The van der Waals surface area contributed by atoms with E-state index < -0.39 is 5.97 Å². The van der Waals surface area contributed by atoms with Crippen LogP contribution in [-0.2, 0) is 11.2 Å². The highest BCUT2D eigenvalue weighted by molar-refractivity contribution is 5.70. The fourth-order valence-corrected chi connectivity index (χ4v) is 1.85. The van der Waals surface area contributed by atoms with E-state index in [4.69, 9.17) is 5.11 Å². The molecule has 0 bridgehead atoms. The average molecular weight is 261 g/mol. The van der Waals surface area contributed by atoms with Crippen LogP contribution in [0.4, 0.5) is 4.39 Å². The molecule has 0 aliphatic carbocycles. The molecule has 1 N–H and O–H groups in total. The number of carbonyl (C=O) groups is 1. The van der Waals surface area contributed by atoms with Crippen LogP contribution in [0.3, 0.4) is 0 Å². The van der Waals surface area contributed by atoms with Gasteiger partial charge in [-0.3, -0.25) is 9.59 Å². The van der Waals surface area contributed by atoms with Gasteiger partial charge in [0.25, 0.3) is 0 Å². The summed E-state index contributed by atoms with van der Waals surface area (Å²) in [7, 11) is 0. The van der Waals surface area contributed by atoms with Crippen LogP contribution in [-0.4, -0.2) is 15.6 Å². The van der Waals surface area contributed by atoms with E-state index in [0.717, 1.165) is 0 Å². The summed E-state index contributed by atoms with van der Waals surface area (Å²) in [4.78, 5) is 22.4. The Labute approximate surface area is 108 Å². The Balaban J connectivity index is 2.54. The van der Waals surface area contributed by atoms with Gasteiger partial charge < -0.3 is 9.67 Å². The topological polar surface area (TPSA) is 59.3 Å². The zero-order chi connectivity index (χ0) is 14.0. The predicted molar refractivity (Wildman–Crippen MR) is 68.1 cm³/mol. The van der Waals surface area contributed by atoms with E-state index in [1.54, 1.807) is 23.6 Å². The van der Waals surface area contributed by atoms with Gasteiger partial charge in [-0.1, -0.05) is 0 Å². The van der Waals surface area contributed by atoms with Crippen molar-refractivity contribution in [2.24, 2.45) is 0 Å². The molecular weight excluding hydrogens is 249 g/mol. The van der Waals surface area contributed by atoms with Crippen molar-refractivity contribution in [1.82, 2.24) is 4.57 Å². The third-order valence-corrected chi connectivity index (χ3v) is 2.77. The van der Waals surface area contributed by atoms with E-state index in [-0.39, 0.29) is 23.2 Å². The molecule has 1 heterocycles. The maximum Gasteiger partial charge on any atom is 0.308 e. The Kier molecular flexibility index (Phi) is 3.46. The first-order chi connectivity index (χ1) is 8.97. The first-order valence-corrected chi connectivity index (χ1v) is 5.67. The SMILES string of the molecule is Cc1cc(=O)c(CC(=O)O)cn1-c1ccc(F)cc1. The molecule has 0 radical (unpaired) electrons. The van der Waals surface area contributed by atoms with Crippen LogP contribution in [0.5, 0.6) is 0 Å². The molecule has 19 heavy (non-hydrogen) atoms. The zero-order valence-corrected chi connectivity index (χ0v) is 10.3. The van der Waals surface area contributed by atoms with Crippen molar-refractivity contribution in [2.75, 3.05) is 0 Å². The highest BCUT2D eigenvalue weighted by Gasteiger charge is 2.09. The number of hydrogen-bond acceptors (Lipinski definition) is 2. The second-order valence-corrected chi connectivity index (χ2v) is 4.22. The van der Waals surface area contributed by atoms with E-state index in [2.05, 4.69) is 0 Å². The van der Waals surface area contributed by atoms with Crippen LogP contribution in [0.25, 0.3) is 5.69 Å². The number of aliphatic carboxylic acids is 1. The van der Waals surface area contributed by atoms with E-state index in [1.165, 1.54) is 24.4 Å². The molecule has 0 saturated carbocycles. The summed E-state index contributed by atoms with van der Waals surface area (Å²) in [6.07, 6.45) is 1.15. The molecule has 98 valence electrons. The quantitative estimate of drug-likeness (QED) is 0.918. The smallest absolute Gasteiger partial charge is 0.308 e. The molecule has 2 aromatic rings. The van der Waals surface area contributed by atoms with E-state index in [9.17, 15) is 14.0 Å². The second-order valence-electron chi connectivity index (χ2n) is 4.22.